The minimum absolute atomic E-state index is 0.0215. The largest absolute Gasteiger partial charge is 0.416 e. The van der Waals surface area contributed by atoms with Crippen molar-refractivity contribution in [2.75, 3.05) is 0 Å². The Morgan fingerprint density at radius 2 is 2.00 bits per heavy atom. The van der Waals surface area contributed by atoms with Crippen LogP contribution in [0.15, 0.2) is 24.3 Å². The van der Waals surface area contributed by atoms with Crippen LogP contribution in [0, 0.1) is 5.92 Å². The number of alkyl halides is 3. The molecule has 0 aromatic heterocycles. The normalized spacial score (nSPS) is 13.5. The summed E-state index contributed by atoms with van der Waals surface area (Å²) >= 11 is 0. The van der Waals surface area contributed by atoms with Gasteiger partial charge in [-0.15, -0.1) is 0 Å². The summed E-state index contributed by atoms with van der Waals surface area (Å²) in [4.78, 5) is 11.6. The van der Waals surface area contributed by atoms with Gasteiger partial charge in [0.15, 0.2) is 0 Å². The predicted molar refractivity (Wildman–Crippen MR) is 59.6 cm³/mol. The van der Waals surface area contributed by atoms with Crippen molar-refractivity contribution in [3.63, 3.8) is 0 Å². The lowest BCUT2D eigenvalue weighted by Crippen LogP contribution is -2.13. The van der Waals surface area contributed by atoms with E-state index in [1.54, 1.807) is 13.0 Å². The molecule has 1 atom stereocenters. The van der Waals surface area contributed by atoms with Gasteiger partial charge in [0, 0.05) is 12.3 Å². The van der Waals surface area contributed by atoms with Crippen LogP contribution in [0.4, 0.5) is 13.2 Å². The third kappa shape index (κ3) is 3.88. The molecule has 0 radical (unpaired) electrons. The van der Waals surface area contributed by atoms with E-state index < -0.39 is 11.7 Å². The Morgan fingerprint density at radius 1 is 1.35 bits per heavy atom. The summed E-state index contributed by atoms with van der Waals surface area (Å²) in [6.45, 7) is 3.67. The first-order chi connectivity index (χ1) is 7.84. The van der Waals surface area contributed by atoms with Crippen molar-refractivity contribution >= 4 is 5.78 Å². The standard InChI is InChI=1S/C13H15F3O/c1-3-9(2)12(17)8-10-5-4-6-11(7-10)13(14,15)16/h4-7,9H,3,8H2,1-2H3. The van der Waals surface area contributed by atoms with Crippen LogP contribution < -0.4 is 0 Å². The number of benzene rings is 1. The second kappa shape index (κ2) is 5.34. The van der Waals surface area contributed by atoms with Crippen molar-refractivity contribution < 1.29 is 18.0 Å². The second-order valence-corrected chi connectivity index (χ2v) is 4.15. The Kier molecular flexibility index (Phi) is 4.32. The molecule has 0 saturated heterocycles. The van der Waals surface area contributed by atoms with Crippen LogP contribution in [0.3, 0.4) is 0 Å². The van der Waals surface area contributed by atoms with E-state index in [1.165, 1.54) is 6.07 Å². The minimum Gasteiger partial charge on any atom is -0.299 e. The van der Waals surface area contributed by atoms with Crippen LogP contribution in [-0.4, -0.2) is 5.78 Å². The maximum Gasteiger partial charge on any atom is 0.416 e. The van der Waals surface area contributed by atoms with Gasteiger partial charge >= 0.3 is 6.18 Å². The van der Waals surface area contributed by atoms with Crippen molar-refractivity contribution in [2.45, 2.75) is 32.9 Å². The fraction of sp³-hybridized carbons (Fsp3) is 0.462. The number of ketones is 1. The molecule has 0 saturated carbocycles. The van der Waals surface area contributed by atoms with E-state index in [-0.39, 0.29) is 18.1 Å². The first kappa shape index (κ1) is 13.7. The first-order valence-corrected chi connectivity index (χ1v) is 5.53. The maximum absolute atomic E-state index is 12.4. The van der Waals surface area contributed by atoms with Crippen molar-refractivity contribution in [1.29, 1.82) is 0 Å². The van der Waals surface area contributed by atoms with Gasteiger partial charge in [0.2, 0.25) is 0 Å². The van der Waals surface area contributed by atoms with Crippen molar-refractivity contribution in [3.8, 4) is 0 Å². The Hall–Kier alpha value is -1.32. The molecule has 0 N–H and O–H groups in total. The monoisotopic (exact) mass is 244 g/mol. The smallest absolute Gasteiger partial charge is 0.299 e. The van der Waals surface area contributed by atoms with Crippen LogP contribution >= 0.6 is 0 Å². The molecular formula is C13H15F3O. The van der Waals surface area contributed by atoms with Crippen LogP contribution in [-0.2, 0) is 17.4 Å². The molecular weight excluding hydrogens is 229 g/mol. The van der Waals surface area contributed by atoms with Crippen molar-refractivity contribution in [1.82, 2.24) is 0 Å². The van der Waals surface area contributed by atoms with E-state index >= 15 is 0 Å². The average Bonchev–Trinajstić information content (AvgIpc) is 2.27. The van der Waals surface area contributed by atoms with E-state index in [2.05, 4.69) is 0 Å². The van der Waals surface area contributed by atoms with E-state index in [0.717, 1.165) is 12.1 Å². The second-order valence-electron chi connectivity index (χ2n) is 4.15. The number of carbonyl (C=O) groups is 1. The molecule has 1 aromatic rings. The van der Waals surface area contributed by atoms with Gasteiger partial charge < -0.3 is 0 Å². The molecule has 0 amide bonds. The zero-order valence-corrected chi connectivity index (χ0v) is 9.84. The summed E-state index contributed by atoms with van der Waals surface area (Å²) in [6.07, 6.45) is -3.58. The molecule has 0 aliphatic carbocycles. The topological polar surface area (TPSA) is 17.1 Å². The molecule has 0 heterocycles. The van der Waals surface area contributed by atoms with Gasteiger partial charge in [0.1, 0.15) is 5.78 Å². The molecule has 1 unspecified atom stereocenters. The average molecular weight is 244 g/mol. The molecule has 0 bridgehead atoms. The third-order valence-electron chi connectivity index (χ3n) is 2.79. The van der Waals surface area contributed by atoms with Gasteiger partial charge in [0.25, 0.3) is 0 Å². The number of rotatable bonds is 4. The SMILES string of the molecule is CCC(C)C(=O)Cc1cccc(C(F)(F)F)c1. The highest BCUT2D eigenvalue weighted by Crippen LogP contribution is 2.29. The number of halogens is 3. The van der Waals surface area contributed by atoms with E-state index in [9.17, 15) is 18.0 Å². The fourth-order valence-corrected chi connectivity index (χ4v) is 1.46. The summed E-state index contributed by atoms with van der Waals surface area (Å²) in [5.74, 6) is -0.128. The zero-order chi connectivity index (χ0) is 13.1. The first-order valence-electron chi connectivity index (χ1n) is 5.53. The van der Waals surface area contributed by atoms with Crippen LogP contribution in [0.2, 0.25) is 0 Å². The highest BCUT2D eigenvalue weighted by atomic mass is 19.4. The quantitative estimate of drug-likeness (QED) is 0.786. The van der Waals surface area contributed by atoms with Crippen LogP contribution in [0.1, 0.15) is 31.4 Å². The molecule has 0 spiro atoms. The predicted octanol–water partition coefficient (Wildman–Crippen LogP) is 3.86. The summed E-state index contributed by atoms with van der Waals surface area (Å²) in [6, 6.07) is 4.94. The van der Waals surface area contributed by atoms with E-state index in [0.29, 0.717) is 12.0 Å². The maximum atomic E-state index is 12.4. The summed E-state index contributed by atoms with van der Waals surface area (Å²) < 4.78 is 37.3. The molecule has 4 heteroatoms. The third-order valence-corrected chi connectivity index (χ3v) is 2.79. The molecule has 17 heavy (non-hydrogen) atoms. The number of carbonyl (C=O) groups excluding carboxylic acids is 1. The van der Waals surface area contributed by atoms with Crippen molar-refractivity contribution in [3.05, 3.63) is 35.4 Å². The van der Waals surface area contributed by atoms with Gasteiger partial charge in [-0.2, -0.15) is 13.2 Å². The molecule has 94 valence electrons. The molecule has 1 aromatic carbocycles. The van der Waals surface area contributed by atoms with Gasteiger partial charge in [0.05, 0.1) is 5.56 Å². The molecule has 1 rings (SSSR count). The lowest BCUT2D eigenvalue weighted by atomic mass is 9.96. The van der Waals surface area contributed by atoms with Crippen LogP contribution in [0.25, 0.3) is 0 Å². The summed E-state index contributed by atoms with van der Waals surface area (Å²) in [5.41, 5.74) is -0.280. The molecule has 0 aliphatic rings. The lowest BCUT2D eigenvalue weighted by molar-refractivity contribution is -0.137. The molecule has 0 fully saturated rings. The lowest BCUT2D eigenvalue weighted by Gasteiger charge is -2.10. The molecule has 0 aliphatic heterocycles. The fourth-order valence-electron chi connectivity index (χ4n) is 1.46. The Labute approximate surface area is 98.6 Å². The highest BCUT2D eigenvalue weighted by Gasteiger charge is 2.30. The van der Waals surface area contributed by atoms with Gasteiger partial charge in [-0.05, 0) is 18.1 Å². The number of hydrogen-bond acceptors (Lipinski definition) is 1. The van der Waals surface area contributed by atoms with Gasteiger partial charge in [-0.3, -0.25) is 4.79 Å². The van der Waals surface area contributed by atoms with Gasteiger partial charge in [-0.25, -0.2) is 0 Å². The Morgan fingerprint density at radius 3 is 2.53 bits per heavy atom. The van der Waals surface area contributed by atoms with E-state index in [1.807, 2.05) is 6.92 Å². The Bertz CT molecular complexity index is 396. The van der Waals surface area contributed by atoms with E-state index in [4.69, 9.17) is 0 Å². The summed E-state index contributed by atoms with van der Waals surface area (Å²) in [5, 5.41) is 0. The number of Topliss-reactive ketones (excluding diaryl/α,β-unsaturated/α-hetero) is 1. The number of hydrogen-bond donors (Lipinski definition) is 0. The minimum atomic E-state index is -4.35. The van der Waals surface area contributed by atoms with Crippen molar-refractivity contribution in [2.24, 2.45) is 5.92 Å². The zero-order valence-electron chi connectivity index (χ0n) is 9.84. The van der Waals surface area contributed by atoms with Crippen LogP contribution in [0.5, 0.6) is 0 Å². The molecule has 1 nitrogen and oxygen atoms in total. The summed E-state index contributed by atoms with van der Waals surface area (Å²) in [7, 11) is 0. The Balaban J connectivity index is 2.83. The van der Waals surface area contributed by atoms with Gasteiger partial charge in [-0.1, -0.05) is 32.0 Å². The highest BCUT2D eigenvalue weighted by molar-refractivity contribution is 5.82.